The van der Waals surface area contributed by atoms with Crippen molar-refractivity contribution in [3.8, 4) is 22.4 Å². The van der Waals surface area contributed by atoms with E-state index in [1.807, 2.05) is 72.0 Å². The van der Waals surface area contributed by atoms with Gasteiger partial charge in [-0.15, -0.1) is 23.1 Å². The number of anilines is 1. The summed E-state index contributed by atoms with van der Waals surface area (Å²) in [5, 5.41) is 11.2. The predicted octanol–water partition coefficient (Wildman–Crippen LogP) is 5.35. The van der Waals surface area contributed by atoms with Gasteiger partial charge in [-0.2, -0.15) is 5.10 Å². The number of aryl methyl sites for hydroxylation is 1. The molecule has 1 amide bonds. The lowest BCUT2D eigenvalue weighted by Gasteiger charge is -2.14. The molecule has 1 aliphatic heterocycles. The Labute approximate surface area is 183 Å². The molecule has 3 aromatic heterocycles. The summed E-state index contributed by atoms with van der Waals surface area (Å²) in [5.74, 6) is 1.09. The summed E-state index contributed by atoms with van der Waals surface area (Å²) < 4.78 is 2.11. The molecule has 0 aliphatic carbocycles. The second-order valence-corrected chi connectivity index (χ2v) is 9.19. The van der Waals surface area contributed by atoms with Crippen LogP contribution < -0.4 is 5.32 Å². The number of hydrogen-bond acceptors (Lipinski definition) is 5. The van der Waals surface area contributed by atoms with Crippen LogP contribution in [0.5, 0.6) is 0 Å². The van der Waals surface area contributed by atoms with Gasteiger partial charge in [-0.05, 0) is 47.7 Å². The average Bonchev–Trinajstić information content (AvgIpc) is 3.42. The van der Waals surface area contributed by atoms with Gasteiger partial charge in [0.15, 0.2) is 0 Å². The first kappa shape index (κ1) is 19.1. The van der Waals surface area contributed by atoms with Crippen LogP contribution in [0.25, 0.3) is 22.4 Å². The van der Waals surface area contributed by atoms with E-state index in [-0.39, 0.29) is 5.91 Å². The van der Waals surface area contributed by atoms with Crippen molar-refractivity contribution in [3.05, 3.63) is 71.2 Å². The predicted molar refractivity (Wildman–Crippen MR) is 123 cm³/mol. The molecule has 0 atom stereocenters. The van der Waals surface area contributed by atoms with Gasteiger partial charge >= 0.3 is 0 Å². The van der Waals surface area contributed by atoms with E-state index in [9.17, 15) is 4.79 Å². The maximum absolute atomic E-state index is 12.4. The zero-order valence-electron chi connectivity index (χ0n) is 16.2. The highest BCUT2D eigenvalue weighted by molar-refractivity contribution is 7.99. The number of nitrogens with one attached hydrogen (secondary N) is 1. The Morgan fingerprint density at radius 3 is 2.83 bits per heavy atom. The van der Waals surface area contributed by atoms with Gasteiger partial charge in [0.25, 0.3) is 0 Å². The van der Waals surface area contributed by atoms with Crippen LogP contribution in [0.1, 0.15) is 11.3 Å². The maximum atomic E-state index is 12.4. The molecule has 0 saturated heterocycles. The van der Waals surface area contributed by atoms with Crippen LogP contribution in [0.2, 0.25) is 0 Å². The fourth-order valence-corrected chi connectivity index (χ4v) is 5.44. The fourth-order valence-electron chi connectivity index (χ4n) is 3.63. The fraction of sp³-hybridized carbons (Fsp3) is 0.174. The van der Waals surface area contributed by atoms with Crippen LogP contribution in [0.3, 0.4) is 0 Å². The number of rotatable bonds is 5. The minimum Gasteiger partial charge on any atom is -0.326 e. The van der Waals surface area contributed by atoms with Gasteiger partial charge in [0.05, 0.1) is 6.42 Å². The zero-order valence-corrected chi connectivity index (χ0v) is 17.9. The third-order valence-electron chi connectivity index (χ3n) is 4.96. The van der Waals surface area contributed by atoms with Crippen molar-refractivity contribution >= 4 is 34.7 Å². The van der Waals surface area contributed by atoms with Gasteiger partial charge in [-0.1, -0.05) is 18.2 Å². The second-order valence-electron chi connectivity index (χ2n) is 7.07. The highest BCUT2D eigenvalue weighted by Crippen LogP contribution is 2.41. The summed E-state index contributed by atoms with van der Waals surface area (Å²) in [6.07, 6.45) is 5.14. The topological polar surface area (TPSA) is 59.8 Å². The molecule has 1 N–H and O–H groups in total. The molecule has 1 aliphatic rings. The van der Waals surface area contributed by atoms with Gasteiger partial charge in [0, 0.05) is 46.4 Å². The quantitative estimate of drug-likeness (QED) is 0.462. The highest BCUT2D eigenvalue weighted by atomic mass is 32.2. The number of pyridine rings is 1. The molecule has 7 heteroatoms. The van der Waals surface area contributed by atoms with Crippen LogP contribution in [-0.4, -0.2) is 26.4 Å². The first-order chi connectivity index (χ1) is 14.8. The minimum absolute atomic E-state index is 0.0105. The van der Waals surface area contributed by atoms with Crippen LogP contribution in [-0.2, 0) is 17.8 Å². The highest BCUT2D eigenvalue weighted by Gasteiger charge is 2.23. The molecule has 5 rings (SSSR count). The molecule has 0 bridgehead atoms. The first-order valence-electron chi connectivity index (χ1n) is 9.84. The van der Waals surface area contributed by atoms with Crippen molar-refractivity contribution in [2.24, 2.45) is 0 Å². The number of amides is 1. The lowest BCUT2D eigenvalue weighted by atomic mass is 10.0. The number of carbonyl (C=O) groups is 1. The molecule has 4 heterocycles. The third-order valence-corrected chi connectivity index (χ3v) is 7.02. The van der Waals surface area contributed by atoms with Gasteiger partial charge in [0.1, 0.15) is 10.7 Å². The summed E-state index contributed by atoms with van der Waals surface area (Å²) >= 11 is 3.45. The van der Waals surface area contributed by atoms with E-state index >= 15 is 0 Å². The lowest BCUT2D eigenvalue weighted by molar-refractivity contribution is -0.115. The van der Waals surface area contributed by atoms with Crippen LogP contribution in [0.15, 0.2) is 71.3 Å². The monoisotopic (exact) mass is 432 g/mol. The number of hydrogen-bond donors (Lipinski definition) is 1. The number of nitrogens with zero attached hydrogens (tertiary/aromatic N) is 3. The summed E-state index contributed by atoms with van der Waals surface area (Å²) in [7, 11) is 0. The van der Waals surface area contributed by atoms with E-state index in [0.29, 0.717) is 6.42 Å². The van der Waals surface area contributed by atoms with E-state index in [1.54, 1.807) is 11.3 Å². The number of thioether (sulfide) groups is 1. The zero-order chi connectivity index (χ0) is 20.3. The van der Waals surface area contributed by atoms with Crippen molar-refractivity contribution in [1.29, 1.82) is 0 Å². The number of fused-ring (bicyclic) bond motifs is 1. The van der Waals surface area contributed by atoms with Gasteiger partial charge in [-0.3, -0.25) is 14.5 Å². The Morgan fingerprint density at radius 2 is 2.00 bits per heavy atom. The number of benzene rings is 1. The standard InChI is InChI=1S/C23H20N4OS2/c28-20(15-19-6-2-12-29-19)25-18-5-1-4-17(14-18)22-21(16-7-9-24-10-8-16)23-27(26-22)11-3-13-30-23/h1-2,4-10,12,14H,3,11,13,15H2,(H,25,28). The molecular weight excluding hydrogens is 412 g/mol. The largest absolute Gasteiger partial charge is 0.326 e. The summed E-state index contributed by atoms with van der Waals surface area (Å²) in [6.45, 7) is 0.928. The summed E-state index contributed by atoms with van der Waals surface area (Å²) in [6, 6.07) is 16.0. The average molecular weight is 433 g/mol. The van der Waals surface area contributed by atoms with Crippen molar-refractivity contribution in [1.82, 2.24) is 14.8 Å². The molecule has 30 heavy (non-hydrogen) atoms. The van der Waals surface area contributed by atoms with E-state index in [4.69, 9.17) is 5.10 Å². The van der Waals surface area contributed by atoms with Crippen molar-refractivity contribution in [3.63, 3.8) is 0 Å². The molecule has 5 nitrogen and oxygen atoms in total. The molecule has 0 radical (unpaired) electrons. The minimum atomic E-state index is -0.0105. The molecule has 0 unspecified atom stereocenters. The number of aromatic nitrogens is 3. The third kappa shape index (κ3) is 3.91. The van der Waals surface area contributed by atoms with Gasteiger partial charge in [-0.25, -0.2) is 0 Å². The smallest absolute Gasteiger partial charge is 0.229 e. The van der Waals surface area contributed by atoms with Crippen LogP contribution >= 0.6 is 23.1 Å². The van der Waals surface area contributed by atoms with Crippen LogP contribution in [0.4, 0.5) is 5.69 Å². The van der Waals surface area contributed by atoms with Crippen molar-refractivity contribution in [2.45, 2.75) is 24.4 Å². The Balaban J connectivity index is 1.49. The SMILES string of the molecule is O=C(Cc1cccs1)Nc1cccc(-c2nn3c(c2-c2ccncc2)SCCC3)c1. The Morgan fingerprint density at radius 1 is 1.10 bits per heavy atom. The van der Waals surface area contributed by atoms with E-state index in [2.05, 4.69) is 21.0 Å². The second kappa shape index (κ2) is 8.45. The first-order valence-corrected chi connectivity index (χ1v) is 11.7. The molecule has 0 fully saturated rings. The number of carbonyl (C=O) groups excluding carboxylic acids is 1. The van der Waals surface area contributed by atoms with Crippen molar-refractivity contribution in [2.75, 3.05) is 11.1 Å². The van der Waals surface area contributed by atoms with E-state index in [0.717, 1.165) is 51.7 Å². The van der Waals surface area contributed by atoms with Crippen LogP contribution in [0, 0.1) is 0 Å². The van der Waals surface area contributed by atoms with E-state index in [1.165, 1.54) is 5.03 Å². The molecule has 0 spiro atoms. The normalized spacial score (nSPS) is 13.1. The van der Waals surface area contributed by atoms with Gasteiger partial charge in [0.2, 0.25) is 5.91 Å². The molecule has 1 aromatic carbocycles. The summed E-state index contributed by atoms with van der Waals surface area (Å²) in [5.41, 5.74) is 4.98. The van der Waals surface area contributed by atoms with Gasteiger partial charge < -0.3 is 5.32 Å². The van der Waals surface area contributed by atoms with Crippen molar-refractivity contribution < 1.29 is 4.79 Å². The molecule has 150 valence electrons. The Bertz CT molecular complexity index is 1170. The maximum Gasteiger partial charge on any atom is 0.229 e. The molecular formula is C23H20N4OS2. The summed E-state index contributed by atoms with van der Waals surface area (Å²) in [4.78, 5) is 17.7. The molecule has 4 aromatic rings. The molecule has 0 saturated carbocycles. The Kier molecular flexibility index (Phi) is 5.38. The Hall–Kier alpha value is -2.90. The number of thiophene rings is 1. The lowest BCUT2D eigenvalue weighted by Crippen LogP contribution is -2.13. The van der Waals surface area contributed by atoms with E-state index < -0.39 is 0 Å².